The maximum Gasteiger partial charge on any atom is 0.230 e. The van der Waals surface area contributed by atoms with Crippen LogP contribution in [0.3, 0.4) is 0 Å². The molecule has 0 N–H and O–H groups in total. The maximum absolute atomic E-state index is 13.4. The Morgan fingerprint density at radius 1 is 1.19 bits per heavy atom. The number of likely N-dealkylation sites (tertiary alicyclic amines) is 1. The quantitative estimate of drug-likeness (QED) is 0.819. The summed E-state index contributed by atoms with van der Waals surface area (Å²) in [6, 6.07) is 4.69. The average Bonchev–Trinajstić information content (AvgIpc) is 3.30. The van der Waals surface area contributed by atoms with E-state index in [0.717, 1.165) is 49.4 Å². The Bertz CT molecular complexity index is 762. The minimum atomic E-state index is -0.270. The van der Waals surface area contributed by atoms with E-state index in [2.05, 4.69) is 15.9 Å². The Kier molecular flexibility index (Phi) is 4.38. The zero-order valence-corrected chi connectivity index (χ0v) is 15.9. The second kappa shape index (κ2) is 6.57. The van der Waals surface area contributed by atoms with Crippen molar-refractivity contribution in [2.24, 2.45) is 5.41 Å². The van der Waals surface area contributed by atoms with Crippen LogP contribution in [0, 0.1) is 30.6 Å². The van der Waals surface area contributed by atoms with Crippen LogP contribution in [-0.2, 0) is 4.79 Å². The van der Waals surface area contributed by atoms with Crippen LogP contribution in [0.4, 0.5) is 5.82 Å². The molecule has 1 atom stereocenters. The Labute approximate surface area is 156 Å². The second-order valence-electron chi connectivity index (χ2n) is 8.37. The molecule has 1 aromatic rings. The van der Waals surface area contributed by atoms with Crippen molar-refractivity contribution in [2.75, 3.05) is 24.5 Å². The first-order valence-electron chi connectivity index (χ1n) is 9.98. The lowest BCUT2D eigenvalue weighted by molar-refractivity contribution is -0.147. The van der Waals surface area contributed by atoms with Crippen LogP contribution in [0.1, 0.15) is 61.8 Å². The first-order chi connectivity index (χ1) is 12.5. The highest BCUT2D eigenvalue weighted by Crippen LogP contribution is 2.43. The Morgan fingerprint density at radius 2 is 1.96 bits per heavy atom. The van der Waals surface area contributed by atoms with Gasteiger partial charge in [-0.05, 0) is 57.6 Å². The van der Waals surface area contributed by atoms with Gasteiger partial charge in [0.05, 0.1) is 11.0 Å². The molecular formula is C21H28N4O. The van der Waals surface area contributed by atoms with E-state index in [1.807, 2.05) is 19.9 Å². The Morgan fingerprint density at radius 3 is 2.69 bits per heavy atom. The van der Waals surface area contributed by atoms with E-state index in [-0.39, 0.29) is 5.41 Å². The van der Waals surface area contributed by atoms with E-state index in [4.69, 9.17) is 4.98 Å². The molecule has 0 unspecified atom stereocenters. The fourth-order valence-corrected chi connectivity index (χ4v) is 5.11. The molecule has 1 aromatic heterocycles. The molecule has 3 fully saturated rings. The highest BCUT2D eigenvalue weighted by atomic mass is 16.2. The van der Waals surface area contributed by atoms with E-state index >= 15 is 0 Å². The fraction of sp³-hybridized carbons (Fsp3) is 0.667. The van der Waals surface area contributed by atoms with E-state index in [1.54, 1.807) is 0 Å². The van der Waals surface area contributed by atoms with Gasteiger partial charge in [0, 0.05) is 31.4 Å². The van der Waals surface area contributed by atoms with Crippen molar-refractivity contribution in [3.8, 4) is 6.07 Å². The molecule has 1 saturated carbocycles. The third-order valence-corrected chi connectivity index (χ3v) is 6.75. The molecule has 1 aliphatic carbocycles. The van der Waals surface area contributed by atoms with E-state index in [9.17, 15) is 10.1 Å². The summed E-state index contributed by atoms with van der Waals surface area (Å²) in [6.45, 7) is 6.42. The normalized spacial score (nSPS) is 26.7. The molecule has 2 saturated heterocycles. The van der Waals surface area contributed by atoms with Crippen molar-refractivity contribution < 1.29 is 4.79 Å². The van der Waals surface area contributed by atoms with E-state index in [1.165, 1.54) is 25.7 Å². The summed E-state index contributed by atoms with van der Waals surface area (Å²) in [5.74, 6) is 1.12. The molecule has 2 aliphatic heterocycles. The molecular weight excluding hydrogens is 324 g/mol. The number of nitriles is 1. The number of carbonyl (C=O) groups is 1. The minimum absolute atomic E-state index is 0.270. The second-order valence-corrected chi connectivity index (χ2v) is 8.37. The first-order valence-corrected chi connectivity index (χ1v) is 9.98. The maximum atomic E-state index is 13.4. The molecule has 4 rings (SSSR count). The van der Waals surface area contributed by atoms with E-state index in [0.29, 0.717) is 24.1 Å². The van der Waals surface area contributed by atoms with Gasteiger partial charge in [-0.3, -0.25) is 4.79 Å². The zero-order valence-electron chi connectivity index (χ0n) is 15.9. The van der Waals surface area contributed by atoms with Crippen LogP contribution in [0.5, 0.6) is 0 Å². The number of rotatable bonds is 2. The van der Waals surface area contributed by atoms with Crippen molar-refractivity contribution in [3.63, 3.8) is 0 Å². The van der Waals surface area contributed by atoms with Gasteiger partial charge in [0.1, 0.15) is 11.9 Å². The first kappa shape index (κ1) is 17.3. The monoisotopic (exact) mass is 352 g/mol. The van der Waals surface area contributed by atoms with Crippen molar-refractivity contribution in [3.05, 3.63) is 22.9 Å². The molecule has 3 aliphatic rings. The van der Waals surface area contributed by atoms with Crippen LogP contribution in [-0.4, -0.2) is 41.5 Å². The van der Waals surface area contributed by atoms with Crippen molar-refractivity contribution >= 4 is 11.7 Å². The van der Waals surface area contributed by atoms with E-state index < -0.39 is 0 Å². The SMILES string of the molecule is Cc1cc(C#N)c(N2CC[C@]3(CCCN(C4CCCC4)C3=O)C2)nc1C. The summed E-state index contributed by atoms with van der Waals surface area (Å²) < 4.78 is 0. The Balaban J connectivity index is 1.59. The van der Waals surface area contributed by atoms with Crippen molar-refractivity contribution in [1.29, 1.82) is 5.26 Å². The van der Waals surface area contributed by atoms with Gasteiger partial charge >= 0.3 is 0 Å². The highest BCUT2D eigenvalue weighted by Gasteiger charge is 2.50. The van der Waals surface area contributed by atoms with Gasteiger partial charge < -0.3 is 9.80 Å². The number of hydrogen-bond donors (Lipinski definition) is 0. The number of aryl methyl sites for hydroxylation is 2. The summed E-state index contributed by atoms with van der Waals surface area (Å²) >= 11 is 0. The lowest BCUT2D eigenvalue weighted by atomic mass is 9.77. The van der Waals surface area contributed by atoms with Gasteiger partial charge in [0.15, 0.2) is 0 Å². The van der Waals surface area contributed by atoms with Crippen molar-refractivity contribution in [2.45, 2.75) is 64.8 Å². The van der Waals surface area contributed by atoms with Gasteiger partial charge in [-0.2, -0.15) is 5.26 Å². The summed E-state index contributed by atoms with van der Waals surface area (Å²) in [7, 11) is 0. The van der Waals surface area contributed by atoms with Crippen molar-refractivity contribution in [1.82, 2.24) is 9.88 Å². The molecule has 1 amide bonds. The lowest BCUT2D eigenvalue weighted by Gasteiger charge is -2.42. The summed E-state index contributed by atoms with van der Waals surface area (Å²) in [6.07, 6.45) is 7.80. The third-order valence-electron chi connectivity index (χ3n) is 6.75. The zero-order chi connectivity index (χ0) is 18.3. The van der Waals surface area contributed by atoms with Crippen LogP contribution in [0.25, 0.3) is 0 Å². The van der Waals surface area contributed by atoms with Crippen LogP contribution in [0.15, 0.2) is 6.07 Å². The fourth-order valence-electron chi connectivity index (χ4n) is 5.11. The van der Waals surface area contributed by atoms with Gasteiger partial charge in [-0.25, -0.2) is 4.98 Å². The number of anilines is 1. The predicted molar refractivity (Wildman–Crippen MR) is 101 cm³/mol. The molecule has 1 spiro atoms. The number of hydrogen-bond acceptors (Lipinski definition) is 4. The average molecular weight is 352 g/mol. The standard InChI is InChI=1S/C21H28N4O/c1-15-12-17(13-22)19(23-16(15)2)24-11-9-21(14-24)8-5-10-25(20(21)26)18-6-3-4-7-18/h12,18H,3-11,14H2,1-2H3/t21-/m1/s1. The number of pyridine rings is 1. The molecule has 3 heterocycles. The number of piperidine rings is 1. The highest BCUT2D eigenvalue weighted by molar-refractivity contribution is 5.85. The minimum Gasteiger partial charge on any atom is -0.354 e. The largest absolute Gasteiger partial charge is 0.354 e. The molecule has 5 nitrogen and oxygen atoms in total. The molecule has 5 heteroatoms. The third kappa shape index (κ3) is 2.76. The lowest BCUT2D eigenvalue weighted by Crippen LogP contribution is -2.53. The molecule has 0 aromatic carbocycles. The number of amides is 1. The smallest absolute Gasteiger partial charge is 0.230 e. The number of nitrogens with zero attached hydrogens (tertiary/aromatic N) is 4. The molecule has 0 bridgehead atoms. The van der Waals surface area contributed by atoms with Gasteiger partial charge in [0.2, 0.25) is 5.91 Å². The van der Waals surface area contributed by atoms with Gasteiger partial charge in [0.25, 0.3) is 0 Å². The number of carbonyl (C=O) groups excluding carboxylic acids is 1. The predicted octanol–water partition coefficient (Wildman–Crippen LogP) is 3.33. The molecule has 138 valence electrons. The summed E-state index contributed by atoms with van der Waals surface area (Å²) in [5, 5.41) is 9.54. The van der Waals surface area contributed by atoms with Gasteiger partial charge in [-0.15, -0.1) is 0 Å². The number of aromatic nitrogens is 1. The van der Waals surface area contributed by atoms with Crippen LogP contribution >= 0.6 is 0 Å². The summed E-state index contributed by atoms with van der Waals surface area (Å²) in [5.41, 5.74) is 2.36. The Hall–Kier alpha value is -2.09. The van der Waals surface area contributed by atoms with Crippen LogP contribution < -0.4 is 4.90 Å². The van der Waals surface area contributed by atoms with Crippen LogP contribution in [0.2, 0.25) is 0 Å². The van der Waals surface area contributed by atoms with Gasteiger partial charge in [-0.1, -0.05) is 12.8 Å². The topological polar surface area (TPSA) is 60.2 Å². The molecule has 0 radical (unpaired) electrons. The summed E-state index contributed by atoms with van der Waals surface area (Å²) in [4.78, 5) is 22.5. The molecule has 26 heavy (non-hydrogen) atoms.